The van der Waals surface area contributed by atoms with Crippen molar-refractivity contribution in [3.05, 3.63) is 82.1 Å². The number of nitrogens with zero attached hydrogens (tertiary/aromatic N) is 4. The van der Waals surface area contributed by atoms with Gasteiger partial charge in [-0.2, -0.15) is 0 Å². The molecule has 0 saturated carbocycles. The van der Waals surface area contributed by atoms with Crippen molar-refractivity contribution in [1.82, 2.24) is 14.9 Å². The molecule has 1 amide bonds. The Morgan fingerprint density at radius 2 is 1.73 bits per heavy atom. The van der Waals surface area contributed by atoms with Crippen molar-refractivity contribution in [1.29, 1.82) is 0 Å². The number of amides is 1. The molecule has 0 spiro atoms. The van der Waals surface area contributed by atoms with Gasteiger partial charge in [0.15, 0.2) is 0 Å². The number of hydrogen-bond acceptors (Lipinski definition) is 5. The number of benzene rings is 1. The summed E-state index contributed by atoms with van der Waals surface area (Å²) in [6.07, 6.45) is 5.14. The van der Waals surface area contributed by atoms with Crippen LogP contribution in [-0.2, 0) is 4.79 Å². The Morgan fingerprint density at radius 3 is 2.38 bits per heavy atom. The lowest BCUT2D eigenvalue weighted by molar-refractivity contribution is -0.135. The van der Waals surface area contributed by atoms with Crippen LogP contribution in [0.4, 0.5) is 5.82 Å². The fraction of sp³-hybridized carbons (Fsp3) is 0.414. The summed E-state index contributed by atoms with van der Waals surface area (Å²) in [6, 6.07) is 15.7. The minimum Gasteiger partial charge on any atom is -0.477 e. The Hall–Kier alpha value is -2.83. The number of likely N-dealkylation sites (tertiary alicyclic amines) is 1. The fourth-order valence-electron chi connectivity index (χ4n) is 5.52. The molecule has 0 aliphatic carbocycles. The summed E-state index contributed by atoms with van der Waals surface area (Å²) in [5, 5.41) is 1.27. The van der Waals surface area contributed by atoms with Crippen LogP contribution < -0.4 is 9.64 Å². The summed E-state index contributed by atoms with van der Waals surface area (Å²) in [5.74, 6) is 1.90. The van der Waals surface area contributed by atoms with Gasteiger partial charge in [0.2, 0.25) is 11.8 Å². The van der Waals surface area contributed by atoms with Crippen LogP contribution in [0.1, 0.15) is 36.8 Å². The van der Waals surface area contributed by atoms with Crippen LogP contribution in [0.2, 0.25) is 10.0 Å². The SMILES string of the molecule is Cc1ccc(N2CCC(C(=O)N3C[C@H](c4ccc(Cl)cc4)[C@@](C)(COc4ccc(Cl)cn4)C3)CC2)nc1. The third kappa shape index (κ3) is 5.86. The number of anilines is 1. The molecule has 3 aromatic rings. The smallest absolute Gasteiger partial charge is 0.225 e. The maximum atomic E-state index is 13.7. The van der Waals surface area contributed by atoms with Crippen LogP contribution in [0.5, 0.6) is 5.88 Å². The number of halogens is 2. The van der Waals surface area contributed by atoms with E-state index in [0.29, 0.717) is 35.6 Å². The van der Waals surface area contributed by atoms with Gasteiger partial charge in [-0.15, -0.1) is 0 Å². The van der Waals surface area contributed by atoms with Crippen molar-refractivity contribution < 1.29 is 9.53 Å². The monoisotopic (exact) mass is 538 g/mol. The van der Waals surface area contributed by atoms with Gasteiger partial charge >= 0.3 is 0 Å². The highest BCUT2D eigenvalue weighted by molar-refractivity contribution is 6.30. The van der Waals surface area contributed by atoms with Crippen LogP contribution >= 0.6 is 23.2 Å². The largest absolute Gasteiger partial charge is 0.477 e. The second-order valence-electron chi connectivity index (χ2n) is 10.5. The van der Waals surface area contributed by atoms with Gasteiger partial charge in [0, 0.05) is 66.9 Å². The van der Waals surface area contributed by atoms with E-state index >= 15 is 0 Å². The van der Waals surface area contributed by atoms with E-state index in [1.165, 1.54) is 0 Å². The van der Waals surface area contributed by atoms with Gasteiger partial charge in [-0.25, -0.2) is 9.97 Å². The molecule has 0 unspecified atom stereocenters. The van der Waals surface area contributed by atoms with Gasteiger partial charge in [0.1, 0.15) is 5.82 Å². The zero-order valence-electron chi connectivity index (χ0n) is 21.2. The summed E-state index contributed by atoms with van der Waals surface area (Å²) in [5.41, 5.74) is 2.03. The first kappa shape index (κ1) is 25.8. The fourth-order valence-corrected chi connectivity index (χ4v) is 5.75. The van der Waals surface area contributed by atoms with E-state index in [2.05, 4.69) is 46.1 Å². The Kier molecular flexibility index (Phi) is 7.59. The van der Waals surface area contributed by atoms with E-state index in [1.807, 2.05) is 30.2 Å². The standard InChI is InChI=1S/C29H32Cl2N4O2/c1-20-3-9-26(32-15-20)34-13-11-22(12-14-34)28(36)35-17-25(21-4-6-23(30)7-5-21)29(2,18-35)19-37-27-10-8-24(31)16-33-27/h3-10,15-16,22,25H,11-14,17-19H2,1-2H3/t25-,29-/m1/s1. The first-order valence-electron chi connectivity index (χ1n) is 12.8. The van der Waals surface area contributed by atoms with Crippen molar-refractivity contribution in [2.45, 2.75) is 32.6 Å². The summed E-state index contributed by atoms with van der Waals surface area (Å²) >= 11 is 12.2. The van der Waals surface area contributed by atoms with E-state index in [1.54, 1.807) is 18.3 Å². The maximum Gasteiger partial charge on any atom is 0.225 e. The molecule has 5 rings (SSSR count). The highest BCUT2D eigenvalue weighted by atomic mass is 35.5. The van der Waals surface area contributed by atoms with Crippen molar-refractivity contribution in [3.8, 4) is 5.88 Å². The van der Waals surface area contributed by atoms with E-state index in [0.717, 1.165) is 42.9 Å². The van der Waals surface area contributed by atoms with E-state index < -0.39 is 0 Å². The number of carbonyl (C=O) groups excluding carboxylic acids is 1. The molecule has 0 radical (unpaired) electrons. The number of piperidine rings is 1. The van der Waals surface area contributed by atoms with E-state index in [-0.39, 0.29) is 23.2 Å². The lowest BCUT2D eigenvalue weighted by Crippen LogP contribution is -2.43. The van der Waals surface area contributed by atoms with Crippen molar-refractivity contribution in [2.75, 3.05) is 37.7 Å². The van der Waals surface area contributed by atoms with Crippen LogP contribution in [0.25, 0.3) is 0 Å². The molecule has 1 aromatic carbocycles. The van der Waals surface area contributed by atoms with Crippen LogP contribution in [-0.4, -0.2) is 53.6 Å². The Labute approximate surface area is 228 Å². The number of aromatic nitrogens is 2. The minimum atomic E-state index is -0.280. The molecule has 37 heavy (non-hydrogen) atoms. The number of aryl methyl sites for hydroxylation is 1. The summed E-state index contributed by atoms with van der Waals surface area (Å²) < 4.78 is 6.12. The molecule has 0 bridgehead atoms. The predicted octanol–water partition coefficient (Wildman–Crippen LogP) is 6.02. The molecule has 6 nitrogen and oxygen atoms in total. The first-order valence-corrected chi connectivity index (χ1v) is 13.5. The van der Waals surface area contributed by atoms with Crippen LogP contribution in [0, 0.1) is 18.3 Å². The van der Waals surface area contributed by atoms with Gasteiger partial charge in [0.05, 0.1) is 11.6 Å². The predicted molar refractivity (Wildman–Crippen MR) is 148 cm³/mol. The van der Waals surface area contributed by atoms with Gasteiger partial charge in [-0.3, -0.25) is 4.79 Å². The van der Waals surface area contributed by atoms with Gasteiger partial charge in [-0.1, -0.05) is 48.3 Å². The average molecular weight is 540 g/mol. The highest BCUT2D eigenvalue weighted by Crippen LogP contribution is 2.44. The molecule has 2 aliphatic rings. The lowest BCUT2D eigenvalue weighted by Gasteiger charge is -2.34. The molecule has 8 heteroatoms. The number of carbonyl (C=O) groups is 1. The van der Waals surface area contributed by atoms with Gasteiger partial charge < -0.3 is 14.5 Å². The normalized spacial score (nSPS) is 22.3. The number of pyridine rings is 2. The molecule has 2 atom stereocenters. The third-order valence-corrected chi connectivity index (χ3v) is 8.17. The molecule has 2 fully saturated rings. The van der Waals surface area contributed by atoms with Crippen molar-refractivity contribution >= 4 is 34.9 Å². The maximum absolute atomic E-state index is 13.7. The van der Waals surface area contributed by atoms with Crippen LogP contribution in [0.3, 0.4) is 0 Å². The summed E-state index contributed by atoms with van der Waals surface area (Å²) in [7, 11) is 0. The van der Waals surface area contributed by atoms with Crippen LogP contribution in [0.15, 0.2) is 60.9 Å². The van der Waals surface area contributed by atoms with E-state index in [9.17, 15) is 4.79 Å². The van der Waals surface area contributed by atoms with Gasteiger partial charge in [-0.05, 0) is 55.2 Å². The summed E-state index contributed by atoms with van der Waals surface area (Å²) in [6.45, 7) is 7.64. The Morgan fingerprint density at radius 1 is 1.00 bits per heavy atom. The Balaban J connectivity index is 1.28. The molecule has 0 N–H and O–H groups in total. The molecule has 2 aromatic heterocycles. The first-order chi connectivity index (χ1) is 17.8. The van der Waals surface area contributed by atoms with Crippen molar-refractivity contribution in [3.63, 3.8) is 0 Å². The lowest BCUT2D eigenvalue weighted by atomic mass is 9.77. The topological polar surface area (TPSA) is 58.6 Å². The minimum absolute atomic E-state index is 0.0220. The number of hydrogen-bond donors (Lipinski definition) is 0. The quantitative estimate of drug-likeness (QED) is 0.384. The zero-order valence-corrected chi connectivity index (χ0v) is 22.8. The average Bonchev–Trinajstić information content (AvgIpc) is 3.26. The zero-order chi connectivity index (χ0) is 26.0. The molecule has 194 valence electrons. The number of ether oxygens (including phenoxy) is 1. The molecule has 2 saturated heterocycles. The summed E-state index contributed by atoms with van der Waals surface area (Å²) in [4.78, 5) is 26.9. The molecular formula is C29H32Cl2N4O2. The van der Waals surface area contributed by atoms with Crippen molar-refractivity contribution in [2.24, 2.45) is 11.3 Å². The highest BCUT2D eigenvalue weighted by Gasteiger charge is 2.47. The second kappa shape index (κ2) is 10.9. The molecule has 4 heterocycles. The number of rotatable bonds is 6. The van der Waals surface area contributed by atoms with E-state index in [4.69, 9.17) is 27.9 Å². The third-order valence-electron chi connectivity index (χ3n) is 7.69. The molecule has 2 aliphatic heterocycles. The van der Waals surface area contributed by atoms with Gasteiger partial charge in [0.25, 0.3) is 0 Å². The Bertz CT molecular complexity index is 1210. The second-order valence-corrected chi connectivity index (χ2v) is 11.4. The molecular weight excluding hydrogens is 507 g/mol.